The first-order valence-corrected chi connectivity index (χ1v) is 7.09. The van der Waals surface area contributed by atoms with Crippen LogP contribution in [0.15, 0.2) is 6.33 Å². The average Bonchev–Trinajstić information content (AvgIpc) is 3.00. The molecule has 2 aromatic heterocycles. The zero-order valence-corrected chi connectivity index (χ0v) is 12.9. The fraction of sp³-hybridized carbons (Fsp3) is 0.615. The lowest BCUT2D eigenvalue weighted by Crippen LogP contribution is -2.39. The number of rotatable bonds is 3. The minimum absolute atomic E-state index is 0.0381. The van der Waals surface area contributed by atoms with Gasteiger partial charge in [0.2, 0.25) is 11.8 Å². The minimum atomic E-state index is -2.49. The van der Waals surface area contributed by atoms with E-state index in [-0.39, 0.29) is 11.6 Å². The van der Waals surface area contributed by atoms with Gasteiger partial charge in [0.05, 0.1) is 12.2 Å². The number of nitrogens with zero attached hydrogens (tertiary/aromatic N) is 4. The van der Waals surface area contributed by atoms with E-state index in [4.69, 9.17) is 10.5 Å². The van der Waals surface area contributed by atoms with Gasteiger partial charge in [0.25, 0.3) is 0 Å². The van der Waals surface area contributed by atoms with Crippen LogP contribution in [-0.2, 0) is 4.74 Å². The smallest absolute Gasteiger partial charge is 0.240 e. The first kappa shape index (κ1) is 15.8. The second-order valence-corrected chi connectivity index (χ2v) is 5.79. The fourth-order valence-corrected chi connectivity index (χ4v) is 2.82. The average molecular weight is 328 g/mol. The molecule has 1 fully saturated rings. The molecule has 0 aliphatic carbocycles. The van der Waals surface area contributed by atoms with Crippen LogP contribution in [0.5, 0.6) is 0 Å². The highest BCUT2D eigenvalue weighted by Gasteiger charge is 2.62. The summed E-state index contributed by atoms with van der Waals surface area (Å²) in [7, 11) is 1.63. The van der Waals surface area contributed by atoms with Crippen molar-refractivity contribution in [2.24, 2.45) is 5.92 Å². The largest absolute Gasteiger partial charge is 0.390 e. The van der Waals surface area contributed by atoms with Crippen molar-refractivity contribution in [2.45, 2.75) is 31.6 Å². The normalized spacial score (nSPS) is 34.2. The van der Waals surface area contributed by atoms with Crippen LogP contribution >= 0.6 is 0 Å². The van der Waals surface area contributed by atoms with Crippen LogP contribution < -0.4 is 11.1 Å². The van der Waals surface area contributed by atoms with Crippen molar-refractivity contribution in [3.63, 3.8) is 0 Å². The van der Waals surface area contributed by atoms with Crippen molar-refractivity contribution in [2.75, 3.05) is 24.7 Å². The number of halogens is 2. The first-order valence-electron chi connectivity index (χ1n) is 7.09. The van der Waals surface area contributed by atoms with Crippen molar-refractivity contribution in [1.29, 1.82) is 0 Å². The molecule has 1 aliphatic heterocycles. The van der Waals surface area contributed by atoms with Gasteiger partial charge < -0.3 is 20.9 Å². The van der Waals surface area contributed by atoms with Gasteiger partial charge in [-0.2, -0.15) is 9.97 Å². The van der Waals surface area contributed by atoms with Gasteiger partial charge in [0.15, 0.2) is 28.9 Å². The number of nitrogens with one attached hydrogen (secondary N) is 1. The van der Waals surface area contributed by atoms with Crippen LogP contribution in [0, 0.1) is 5.92 Å². The number of alkyl halides is 2. The molecule has 4 N–H and O–H groups in total. The lowest BCUT2D eigenvalue weighted by atomic mass is 9.88. The molecule has 3 rings (SSSR count). The number of fused-ring (bicyclic) bond motifs is 1. The molecular weight excluding hydrogens is 310 g/mol. The van der Waals surface area contributed by atoms with Crippen molar-refractivity contribution >= 4 is 22.9 Å². The topological polar surface area (TPSA) is 111 Å². The number of nitrogen functional groups attached to an aromatic ring is 1. The van der Waals surface area contributed by atoms with E-state index in [9.17, 15) is 9.50 Å². The summed E-state index contributed by atoms with van der Waals surface area (Å²) in [6.45, 7) is 1.61. The van der Waals surface area contributed by atoms with E-state index in [1.54, 1.807) is 7.05 Å². The van der Waals surface area contributed by atoms with E-state index in [0.29, 0.717) is 11.3 Å². The number of aromatic nitrogens is 4. The molecule has 3 heterocycles. The third-order valence-electron chi connectivity index (χ3n) is 4.43. The molecule has 126 valence electrons. The molecule has 0 radical (unpaired) electrons. The van der Waals surface area contributed by atoms with E-state index < -0.39 is 30.3 Å². The lowest BCUT2D eigenvalue weighted by Gasteiger charge is -2.25. The molecule has 2 aromatic rings. The maximum Gasteiger partial charge on any atom is 0.240 e. The number of anilines is 2. The van der Waals surface area contributed by atoms with Gasteiger partial charge in [-0.3, -0.25) is 4.57 Å². The number of imidazole rings is 1. The molecule has 8 nitrogen and oxygen atoms in total. The van der Waals surface area contributed by atoms with Gasteiger partial charge in [0, 0.05) is 7.05 Å². The van der Waals surface area contributed by atoms with Gasteiger partial charge in [-0.15, -0.1) is 0 Å². The van der Waals surface area contributed by atoms with Crippen LogP contribution in [0.2, 0.25) is 0 Å². The molecule has 1 aliphatic rings. The molecule has 4 atom stereocenters. The zero-order chi connectivity index (χ0) is 17.0. The van der Waals surface area contributed by atoms with Crippen molar-refractivity contribution in [3.05, 3.63) is 6.33 Å². The number of aliphatic hydroxyl groups is 1. The summed E-state index contributed by atoms with van der Waals surface area (Å²) in [6, 6.07) is 0. The van der Waals surface area contributed by atoms with Crippen LogP contribution in [-0.4, -0.2) is 49.8 Å². The molecule has 0 unspecified atom stereocenters. The van der Waals surface area contributed by atoms with Crippen LogP contribution in [0.4, 0.5) is 20.5 Å². The quantitative estimate of drug-likeness (QED) is 0.771. The van der Waals surface area contributed by atoms with Crippen LogP contribution in [0.25, 0.3) is 11.2 Å². The first-order chi connectivity index (χ1) is 10.7. The Morgan fingerprint density at radius 3 is 2.74 bits per heavy atom. The zero-order valence-electron chi connectivity index (χ0n) is 12.9. The van der Waals surface area contributed by atoms with Gasteiger partial charge in [0.1, 0.15) is 6.61 Å². The van der Waals surface area contributed by atoms with E-state index in [0.717, 1.165) is 0 Å². The molecule has 23 heavy (non-hydrogen) atoms. The molecule has 0 aromatic carbocycles. The number of nitrogens with two attached hydrogens (primary N) is 1. The van der Waals surface area contributed by atoms with Crippen LogP contribution in [0.1, 0.15) is 20.1 Å². The Labute approximate surface area is 130 Å². The summed E-state index contributed by atoms with van der Waals surface area (Å²) >= 11 is 0. The Hall–Kier alpha value is -2.07. The summed E-state index contributed by atoms with van der Waals surface area (Å²) < 4.78 is 36.2. The number of ether oxygens (including phenoxy) is 1. The predicted molar refractivity (Wildman–Crippen MR) is 79.0 cm³/mol. The van der Waals surface area contributed by atoms with E-state index >= 15 is 4.39 Å². The highest BCUT2D eigenvalue weighted by atomic mass is 19.2. The fourth-order valence-electron chi connectivity index (χ4n) is 2.82. The third-order valence-corrected chi connectivity index (χ3v) is 4.43. The summed E-state index contributed by atoms with van der Waals surface area (Å²) in [5.41, 5.74) is 4.13. The number of hydrogen-bond donors (Lipinski definition) is 3. The van der Waals surface area contributed by atoms with Gasteiger partial charge in [-0.25, -0.2) is 13.8 Å². The predicted octanol–water partition coefficient (Wildman–Crippen LogP) is 1.00. The van der Waals surface area contributed by atoms with E-state index in [1.165, 1.54) is 24.7 Å². The number of aliphatic hydroxyl groups excluding tert-OH is 1. The van der Waals surface area contributed by atoms with E-state index in [2.05, 4.69) is 20.3 Å². The maximum atomic E-state index is 15.1. The van der Waals surface area contributed by atoms with Crippen molar-refractivity contribution < 1.29 is 18.6 Å². The highest BCUT2D eigenvalue weighted by molar-refractivity contribution is 5.84. The third kappa shape index (κ3) is 2.12. The highest BCUT2D eigenvalue weighted by Crippen LogP contribution is 2.51. The lowest BCUT2D eigenvalue weighted by molar-refractivity contribution is -0.191. The SMILES string of the molecule is CNc1nc(N)nc2c1ncn2[C@@H]1O[C@](F)(CO)[C@@H](C)[C@@]1(C)F. The number of hydrogen-bond acceptors (Lipinski definition) is 7. The summed E-state index contributed by atoms with van der Waals surface area (Å²) in [6.07, 6.45) is -0.0588. The summed E-state index contributed by atoms with van der Waals surface area (Å²) in [5, 5.41) is 12.1. The Balaban J connectivity index is 2.16. The minimum Gasteiger partial charge on any atom is -0.390 e. The molecule has 0 amide bonds. The second kappa shape index (κ2) is 4.96. The monoisotopic (exact) mass is 328 g/mol. The van der Waals surface area contributed by atoms with Crippen molar-refractivity contribution in [3.8, 4) is 0 Å². The van der Waals surface area contributed by atoms with Gasteiger partial charge >= 0.3 is 0 Å². The molecule has 0 spiro atoms. The molecule has 0 saturated carbocycles. The molecule has 0 bridgehead atoms. The second-order valence-electron chi connectivity index (χ2n) is 5.79. The summed E-state index contributed by atoms with van der Waals surface area (Å²) in [5.74, 6) is -3.35. The summed E-state index contributed by atoms with van der Waals surface area (Å²) in [4.78, 5) is 12.2. The maximum absolute atomic E-state index is 15.1. The Morgan fingerprint density at radius 2 is 2.17 bits per heavy atom. The molecule has 10 heteroatoms. The molecular formula is C13H18F2N6O2. The van der Waals surface area contributed by atoms with Crippen LogP contribution in [0.3, 0.4) is 0 Å². The Morgan fingerprint density at radius 1 is 1.48 bits per heavy atom. The van der Waals surface area contributed by atoms with Gasteiger partial charge in [-0.05, 0) is 6.92 Å². The van der Waals surface area contributed by atoms with E-state index in [1.807, 2.05) is 0 Å². The molecule has 1 saturated heterocycles. The standard InChI is InChI=1S/C13H18F2N6O2/c1-6-12(2,14)10(23-13(6,15)4-22)21-5-18-7-8(17-3)19-11(16)20-9(7)21/h5-6,10,22H,4H2,1-3H3,(H3,16,17,19,20)/t6-,10+,12+,13+/m0/s1. The van der Waals surface area contributed by atoms with Gasteiger partial charge in [-0.1, -0.05) is 6.92 Å². The van der Waals surface area contributed by atoms with Crippen molar-refractivity contribution in [1.82, 2.24) is 19.5 Å². The Bertz CT molecular complexity index is 751. The Kier molecular flexibility index (Phi) is 3.41.